The van der Waals surface area contributed by atoms with E-state index in [1.54, 1.807) is 0 Å². The highest BCUT2D eigenvalue weighted by Gasteiger charge is 2.41. The molecule has 1 aliphatic carbocycles. The highest BCUT2D eigenvalue weighted by atomic mass is 79.9. The lowest BCUT2D eigenvalue weighted by Gasteiger charge is -2.31. The maximum atomic E-state index is 13.6. The minimum Gasteiger partial charge on any atom is -0.453 e. The third-order valence-electron chi connectivity index (χ3n) is 7.16. The number of nitrogens with one attached hydrogen (secondary N) is 2. The van der Waals surface area contributed by atoms with Crippen LogP contribution in [0.1, 0.15) is 41.8 Å². The van der Waals surface area contributed by atoms with E-state index in [-0.39, 0.29) is 23.7 Å². The first-order chi connectivity index (χ1) is 17.0. The molecule has 0 fully saturated rings. The van der Waals surface area contributed by atoms with Gasteiger partial charge in [0.1, 0.15) is 16.2 Å². The number of Topliss-reactive ketones (excluding diaryl/α,β-unsaturated/α-hetero) is 1. The Labute approximate surface area is 210 Å². The van der Waals surface area contributed by atoms with Gasteiger partial charge in [0.25, 0.3) is 0 Å². The Morgan fingerprint density at radius 1 is 1.23 bits per heavy atom. The number of ether oxygens (including phenoxy) is 1. The molecule has 1 aromatic carbocycles. The number of amides is 1. The molecule has 0 radical (unpaired) electrons. The number of carbonyl (C=O) groups is 2. The number of pyridine rings is 1. The van der Waals surface area contributed by atoms with Gasteiger partial charge in [-0.05, 0) is 64.2 Å². The minimum absolute atomic E-state index is 0.0893. The molecule has 0 bridgehead atoms. The number of aromatic amines is 1. The number of H-pyrrole nitrogens is 1. The number of hydrogen-bond acceptors (Lipinski definition) is 5. The van der Waals surface area contributed by atoms with Crippen LogP contribution in [0.25, 0.3) is 22.2 Å². The molecule has 1 unspecified atom stereocenters. The van der Waals surface area contributed by atoms with Crippen LogP contribution in [0.2, 0.25) is 0 Å². The molecule has 178 valence electrons. The van der Waals surface area contributed by atoms with Gasteiger partial charge >= 0.3 is 6.09 Å². The molecule has 35 heavy (non-hydrogen) atoms. The zero-order valence-electron chi connectivity index (χ0n) is 19.1. The van der Waals surface area contributed by atoms with Gasteiger partial charge in [0.15, 0.2) is 0 Å². The SMILES string of the molecule is COC(=O)N[C@H]1CCc2ccn3c2C1C(=O)C[C@H](c1nc2ccc(-c4ccc(Br)nc4)cc2[nH]1)C3. The van der Waals surface area contributed by atoms with Crippen molar-refractivity contribution in [2.24, 2.45) is 0 Å². The summed E-state index contributed by atoms with van der Waals surface area (Å²) < 4.78 is 7.78. The highest BCUT2D eigenvalue weighted by Crippen LogP contribution is 2.40. The molecule has 8 nitrogen and oxygen atoms in total. The van der Waals surface area contributed by atoms with Gasteiger partial charge in [-0.15, -0.1) is 0 Å². The van der Waals surface area contributed by atoms with E-state index >= 15 is 0 Å². The van der Waals surface area contributed by atoms with Crippen molar-refractivity contribution in [2.75, 3.05) is 7.11 Å². The zero-order valence-corrected chi connectivity index (χ0v) is 20.7. The highest BCUT2D eigenvalue weighted by molar-refractivity contribution is 9.10. The molecule has 3 atom stereocenters. The number of methoxy groups -OCH3 is 1. The maximum absolute atomic E-state index is 13.6. The van der Waals surface area contributed by atoms with Crippen LogP contribution in [-0.4, -0.2) is 44.5 Å². The fraction of sp³-hybridized carbons (Fsp3) is 0.308. The molecule has 2 aliphatic rings. The summed E-state index contributed by atoms with van der Waals surface area (Å²) in [5.41, 5.74) is 6.06. The average molecular weight is 534 g/mol. The van der Waals surface area contributed by atoms with Crippen LogP contribution >= 0.6 is 15.9 Å². The van der Waals surface area contributed by atoms with Crippen LogP contribution in [0.5, 0.6) is 0 Å². The monoisotopic (exact) mass is 533 g/mol. The number of aryl methyl sites for hydroxylation is 1. The van der Waals surface area contributed by atoms with Gasteiger partial charge < -0.3 is 19.6 Å². The van der Waals surface area contributed by atoms with E-state index in [0.717, 1.165) is 44.7 Å². The lowest BCUT2D eigenvalue weighted by Crippen LogP contribution is -2.44. The molecule has 1 amide bonds. The first-order valence-corrected chi connectivity index (χ1v) is 12.5. The topological polar surface area (TPSA) is 102 Å². The van der Waals surface area contributed by atoms with E-state index in [9.17, 15) is 9.59 Å². The van der Waals surface area contributed by atoms with E-state index in [1.807, 2.05) is 30.5 Å². The number of rotatable bonds is 3. The summed E-state index contributed by atoms with van der Waals surface area (Å²) in [6.07, 6.45) is 5.28. The van der Waals surface area contributed by atoms with Crippen LogP contribution in [0.15, 0.2) is 53.4 Å². The molecule has 4 aromatic rings. The summed E-state index contributed by atoms with van der Waals surface area (Å²) in [6, 6.07) is 11.9. The third kappa shape index (κ3) is 3.93. The van der Waals surface area contributed by atoms with E-state index < -0.39 is 6.09 Å². The molecule has 3 aromatic heterocycles. The quantitative estimate of drug-likeness (QED) is 0.371. The Morgan fingerprint density at radius 2 is 2.09 bits per heavy atom. The Kier molecular flexibility index (Phi) is 5.44. The number of nitrogens with zero attached hydrogens (tertiary/aromatic N) is 3. The van der Waals surface area contributed by atoms with E-state index in [4.69, 9.17) is 9.72 Å². The van der Waals surface area contributed by atoms with Gasteiger partial charge in [-0.1, -0.05) is 12.1 Å². The number of ketones is 1. The summed E-state index contributed by atoms with van der Waals surface area (Å²) in [4.78, 5) is 38.2. The third-order valence-corrected chi connectivity index (χ3v) is 7.63. The number of benzene rings is 1. The lowest BCUT2D eigenvalue weighted by molar-refractivity contribution is -0.121. The molecule has 2 N–H and O–H groups in total. The molecule has 0 saturated carbocycles. The average Bonchev–Trinajstić information content (AvgIpc) is 3.43. The second-order valence-electron chi connectivity index (χ2n) is 9.23. The van der Waals surface area contributed by atoms with Gasteiger partial charge in [0.2, 0.25) is 0 Å². The summed E-state index contributed by atoms with van der Waals surface area (Å²) in [6.45, 7) is 0.659. The molecule has 4 heterocycles. The maximum Gasteiger partial charge on any atom is 0.407 e. The summed E-state index contributed by atoms with van der Waals surface area (Å²) in [7, 11) is 1.34. The van der Waals surface area contributed by atoms with Gasteiger partial charge in [-0.25, -0.2) is 14.8 Å². The van der Waals surface area contributed by atoms with E-state index in [2.05, 4.69) is 54.1 Å². The smallest absolute Gasteiger partial charge is 0.407 e. The number of hydrogen-bond donors (Lipinski definition) is 2. The molecule has 1 aliphatic heterocycles. The van der Waals surface area contributed by atoms with Crippen molar-refractivity contribution in [3.63, 3.8) is 0 Å². The molecular formula is C26H24BrN5O3. The van der Waals surface area contributed by atoms with Crippen molar-refractivity contribution in [2.45, 2.75) is 43.7 Å². The van der Waals surface area contributed by atoms with E-state index in [0.29, 0.717) is 19.4 Å². The van der Waals surface area contributed by atoms with Crippen LogP contribution in [0.3, 0.4) is 0 Å². The number of halogens is 1. The summed E-state index contributed by atoms with van der Waals surface area (Å²) in [5, 5.41) is 2.89. The number of fused-ring (bicyclic) bond motifs is 1. The predicted octanol–water partition coefficient (Wildman–Crippen LogP) is 4.70. The van der Waals surface area contributed by atoms with Gasteiger partial charge in [0.05, 0.1) is 24.1 Å². The standard InChI is InChI=1S/C26H24BrN5O3/c1-35-26(34)31-19-6-2-14-8-9-32-13-17(11-21(33)23(19)24(14)32)25-29-18-5-3-15(10-20(18)30-25)16-4-7-22(27)28-12-16/h3-5,7-10,12,17,19,23H,2,6,11,13H2,1H3,(H,29,30)(H,31,34)/t17-,19-,23?/m0/s1. The molecule has 6 rings (SSSR count). The second-order valence-corrected chi connectivity index (χ2v) is 10.0. The van der Waals surface area contributed by atoms with Crippen LogP contribution < -0.4 is 5.32 Å². The summed E-state index contributed by atoms with van der Waals surface area (Å²) >= 11 is 3.38. The molecule has 9 heteroatoms. The van der Waals surface area contributed by atoms with Crippen LogP contribution in [0, 0.1) is 0 Å². The predicted molar refractivity (Wildman–Crippen MR) is 134 cm³/mol. The lowest BCUT2D eigenvalue weighted by atomic mass is 9.79. The Morgan fingerprint density at radius 3 is 2.89 bits per heavy atom. The van der Waals surface area contributed by atoms with Crippen molar-refractivity contribution in [3.8, 4) is 11.1 Å². The number of aromatic nitrogens is 4. The Hall–Kier alpha value is -3.46. The largest absolute Gasteiger partial charge is 0.453 e. The van der Waals surface area contributed by atoms with Gasteiger partial charge in [-0.2, -0.15) is 0 Å². The van der Waals surface area contributed by atoms with Crippen molar-refractivity contribution in [3.05, 3.63) is 70.5 Å². The fourth-order valence-electron chi connectivity index (χ4n) is 5.49. The van der Waals surface area contributed by atoms with Crippen LogP contribution in [0.4, 0.5) is 4.79 Å². The molecule has 0 spiro atoms. The zero-order chi connectivity index (χ0) is 24.1. The van der Waals surface area contributed by atoms with Crippen molar-refractivity contribution in [1.29, 1.82) is 0 Å². The van der Waals surface area contributed by atoms with Crippen LogP contribution in [-0.2, 0) is 22.5 Å². The number of imidazole rings is 1. The number of carbonyl (C=O) groups excluding carboxylic acids is 2. The van der Waals surface area contributed by atoms with Crippen molar-refractivity contribution < 1.29 is 14.3 Å². The normalized spacial score (nSPS) is 21.4. The van der Waals surface area contributed by atoms with Crippen molar-refractivity contribution in [1.82, 2.24) is 24.8 Å². The second kappa shape index (κ2) is 8.64. The van der Waals surface area contributed by atoms with Crippen molar-refractivity contribution >= 4 is 38.8 Å². The summed E-state index contributed by atoms with van der Waals surface area (Å²) in [5.74, 6) is 0.460. The van der Waals surface area contributed by atoms with Gasteiger partial charge in [-0.3, -0.25) is 4.79 Å². The first-order valence-electron chi connectivity index (χ1n) is 11.7. The molecular weight excluding hydrogens is 510 g/mol. The van der Waals surface area contributed by atoms with Gasteiger partial charge in [0, 0.05) is 48.6 Å². The Bertz CT molecular complexity index is 1440. The van der Waals surface area contributed by atoms with E-state index in [1.165, 1.54) is 12.7 Å². The first kappa shape index (κ1) is 22.0. The minimum atomic E-state index is -0.501. The number of alkyl carbamates (subject to hydrolysis) is 1. The fourth-order valence-corrected chi connectivity index (χ4v) is 5.73. The Balaban J connectivity index is 1.33. The molecule has 0 saturated heterocycles.